The van der Waals surface area contributed by atoms with Crippen molar-refractivity contribution in [3.05, 3.63) is 38.9 Å². The highest BCUT2D eigenvalue weighted by Crippen LogP contribution is 2.17. The number of halogens is 1. The molecule has 0 saturated carbocycles. The molecule has 0 saturated heterocycles. The van der Waals surface area contributed by atoms with Gasteiger partial charge in [0.05, 0.1) is 0 Å². The summed E-state index contributed by atoms with van der Waals surface area (Å²) in [6, 6.07) is 3.57. The van der Waals surface area contributed by atoms with Crippen molar-refractivity contribution in [3.63, 3.8) is 0 Å². The Hall–Kier alpha value is -1.97. The number of nitrogens with one attached hydrogen (secondary N) is 1. The van der Waals surface area contributed by atoms with E-state index in [1.807, 2.05) is 6.07 Å². The van der Waals surface area contributed by atoms with Crippen LogP contribution in [0.2, 0.25) is 0 Å². The Balaban J connectivity index is 2.29. The summed E-state index contributed by atoms with van der Waals surface area (Å²) < 4.78 is 6.05. The molecule has 1 N–H and O–H groups in total. The lowest BCUT2D eigenvalue weighted by molar-refractivity contribution is 0.102. The van der Waals surface area contributed by atoms with Crippen LogP contribution >= 0.6 is 22.6 Å². The van der Waals surface area contributed by atoms with Gasteiger partial charge in [-0.25, -0.2) is 4.98 Å². The fourth-order valence-electron chi connectivity index (χ4n) is 1.70. The Morgan fingerprint density at radius 3 is 2.86 bits per heavy atom. The standard InChI is InChI=1S/C13H13IN4O3/c1-7(17-20-3)12-11(8(2)21-18-12)13(19)16-10-5-4-9(14)6-15-10/h4-6H,1-3H3,(H,15,16,19)/b17-7-. The molecule has 0 aromatic carbocycles. The number of oxime groups is 1. The number of carbonyl (C=O) groups is 1. The molecule has 0 fully saturated rings. The summed E-state index contributed by atoms with van der Waals surface area (Å²) in [7, 11) is 1.42. The molecule has 0 bridgehead atoms. The number of aryl methyl sites for hydroxylation is 1. The highest BCUT2D eigenvalue weighted by atomic mass is 127. The monoisotopic (exact) mass is 400 g/mol. The summed E-state index contributed by atoms with van der Waals surface area (Å²) in [5, 5.41) is 10.3. The fraction of sp³-hybridized carbons (Fsp3) is 0.231. The number of carbonyl (C=O) groups excluding carboxylic acids is 1. The zero-order chi connectivity index (χ0) is 15.4. The second kappa shape index (κ2) is 6.66. The first-order valence-corrected chi connectivity index (χ1v) is 7.08. The molecule has 110 valence electrons. The largest absolute Gasteiger partial charge is 0.399 e. The van der Waals surface area contributed by atoms with Crippen molar-refractivity contribution in [1.82, 2.24) is 10.1 Å². The quantitative estimate of drug-likeness (QED) is 0.484. The summed E-state index contributed by atoms with van der Waals surface area (Å²) in [6.07, 6.45) is 1.66. The number of rotatable bonds is 4. The smallest absolute Gasteiger partial charge is 0.262 e. The molecule has 8 heteroatoms. The fourth-order valence-corrected chi connectivity index (χ4v) is 2.01. The van der Waals surface area contributed by atoms with Gasteiger partial charge in [-0.1, -0.05) is 10.3 Å². The highest BCUT2D eigenvalue weighted by Gasteiger charge is 2.22. The van der Waals surface area contributed by atoms with E-state index in [4.69, 9.17) is 9.36 Å². The van der Waals surface area contributed by atoms with E-state index < -0.39 is 0 Å². The van der Waals surface area contributed by atoms with E-state index in [1.54, 1.807) is 26.1 Å². The molecule has 2 aromatic heterocycles. The van der Waals surface area contributed by atoms with Crippen LogP contribution in [0.25, 0.3) is 0 Å². The summed E-state index contributed by atoms with van der Waals surface area (Å²) >= 11 is 2.14. The third kappa shape index (κ3) is 3.57. The maximum atomic E-state index is 12.4. The second-order valence-corrected chi connectivity index (χ2v) is 5.38. The van der Waals surface area contributed by atoms with Crippen LogP contribution in [0.15, 0.2) is 28.0 Å². The highest BCUT2D eigenvalue weighted by molar-refractivity contribution is 14.1. The van der Waals surface area contributed by atoms with Gasteiger partial charge in [0.25, 0.3) is 5.91 Å². The average Bonchev–Trinajstić information content (AvgIpc) is 2.83. The second-order valence-electron chi connectivity index (χ2n) is 4.14. The van der Waals surface area contributed by atoms with Crippen molar-refractivity contribution >= 4 is 40.0 Å². The average molecular weight is 400 g/mol. The SMILES string of the molecule is CO/N=C(/C)c1noc(C)c1C(=O)Nc1ccc(I)cn1. The van der Waals surface area contributed by atoms with E-state index in [2.05, 4.69) is 43.2 Å². The minimum absolute atomic E-state index is 0.314. The van der Waals surface area contributed by atoms with E-state index >= 15 is 0 Å². The van der Waals surface area contributed by atoms with Crippen LogP contribution < -0.4 is 5.32 Å². The van der Waals surface area contributed by atoms with Gasteiger partial charge in [-0.3, -0.25) is 4.79 Å². The van der Waals surface area contributed by atoms with E-state index in [0.29, 0.717) is 28.5 Å². The molecule has 2 rings (SSSR count). The summed E-state index contributed by atoms with van der Waals surface area (Å²) in [5.74, 6) is 0.495. The zero-order valence-corrected chi connectivity index (χ0v) is 13.8. The van der Waals surface area contributed by atoms with Crippen LogP contribution in [0.1, 0.15) is 28.7 Å². The van der Waals surface area contributed by atoms with Crippen LogP contribution in [0.3, 0.4) is 0 Å². The third-order valence-electron chi connectivity index (χ3n) is 2.63. The van der Waals surface area contributed by atoms with E-state index in [9.17, 15) is 4.79 Å². The summed E-state index contributed by atoms with van der Waals surface area (Å²) in [6.45, 7) is 3.34. The van der Waals surface area contributed by atoms with Crippen LogP contribution in [-0.2, 0) is 4.84 Å². The number of anilines is 1. The molecule has 7 nitrogen and oxygen atoms in total. The Kier molecular flexibility index (Phi) is 4.89. The van der Waals surface area contributed by atoms with Gasteiger partial charge in [0.1, 0.15) is 35.7 Å². The molecule has 1 amide bonds. The van der Waals surface area contributed by atoms with E-state index in [-0.39, 0.29) is 5.91 Å². The van der Waals surface area contributed by atoms with Crippen molar-refractivity contribution in [1.29, 1.82) is 0 Å². The lowest BCUT2D eigenvalue weighted by Gasteiger charge is -2.04. The van der Waals surface area contributed by atoms with Gasteiger partial charge < -0.3 is 14.7 Å². The number of nitrogens with zero attached hydrogens (tertiary/aromatic N) is 3. The molecule has 0 aliphatic rings. The first-order chi connectivity index (χ1) is 10.0. The van der Waals surface area contributed by atoms with Crippen LogP contribution in [0.5, 0.6) is 0 Å². The van der Waals surface area contributed by atoms with E-state index in [1.165, 1.54) is 7.11 Å². The molecular weight excluding hydrogens is 387 g/mol. The van der Waals surface area contributed by atoms with Crippen molar-refractivity contribution in [2.45, 2.75) is 13.8 Å². The normalized spacial score (nSPS) is 11.3. The van der Waals surface area contributed by atoms with Gasteiger partial charge in [0.2, 0.25) is 0 Å². The lowest BCUT2D eigenvalue weighted by Crippen LogP contribution is -2.17. The predicted octanol–water partition coefficient (Wildman–Crippen LogP) is 2.61. The van der Waals surface area contributed by atoms with Crippen LogP contribution in [0.4, 0.5) is 5.82 Å². The first kappa shape index (κ1) is 15.4. The minimum atomic E-state index is -0.358. The van der Waals surface area contributed by atoms with Gasteiger partial charge in [-0.15, -0.1) is 0 Å². The number of aromatic nitrogens is 2. The van der Waals surface area contributed by atoms with Crippen LogP contribution in [0, 0.1) is 10.5 Å². The molecule has 0 atom stereocenters. The van der Waals surface area contributed by atoms with Gasteiger partial charge in [-0.2, -0.15) is 0 Å². The predicted molar refractivity (Wildman–Crippen MR) is 85.4 cm³/mol. The van der Waals surface area contributed by atoms with Crippen molar-refractivity contribution in [2.75, 3.05) is 12.4 Å². The Labute approximate surface area is 134 Å². The maximum Gasteiger partial charge on any atom is 0.262 e. The van der Waals surface area contributed by atoms with E-state index in [0.717, 1.165) is 3.57 Å². The molecule has 0 radical (unpaired) electrons. The van der Waals surface area contributed by atoms with Gasteiger partial charge in [0, 0.05) is 9.77 Å². The Bertz CT molecular complexity index is 679. The van der Waals surface area contributed by atoms with Crippen molar-refractivity contribution in [3.8, 4) is 0 Å². The molecule has 21 heavy (non-hydrogen) atoms. The Morgan fingerprint density at radius 2 is 2.24 bits per heavy atom. The maximum absolute atomic E-state index is 12.4. The van der Waals surface area contributed by atoms with Crippen molar-refractivity contribution < 1.29 is 14.2 Å². The molecule has 0 aliphatic carbocycles. The number of amides is 1. The molecular formula is C13H13IN4O3. The topological polar surface area (TPSA) is 89.6 Å². The number of hydrogen-bond acceptors (Lipinski definition) is 6. The molecule has 0 unspecified atom stereocenters. The molecule has 0 spiro atoms. The van der Waals surface area contributed by atoms with Gasteiger partial charge >= 0.3 is 0 Å². The minimum Gasteiger partial charge on any atom is -0.399 e. The van der Waals surface area contributed by atoms with Gasteiger partial charge in [-0.05, 0) is 48.6 Å². The first-order valence-electron chi connectivity index (χ1n) is 6.00. The summed E-state index contributed by atoms with van der Waals surface area (Å²) in [4.78, 5) is 21.2. The van der Waals surface area contributed by atoms with Gasteiger partial charge in [0.15, 0.2) is 0 Å². The van der Waals surface area contributed by atoms with Crippen molar-refractivity contribution in [2.24, 2.45) is 5.16 Å². The number of pyridine rings is 1. The molecule has 2 aromatic rings. The summed E-state index contributed by atoms with van der Waals surface area (Å²) in [5.41, 5.74) is 1.11. The lowest BCUT2D eigenvalue weighted by atomic mass is 10.1. The number of hydrogen-bond donors (Lipinski definition) is 1. The molecule has 2 heterocycles. The zero-order valence-electron chi connectivity index (χ0n) is 11.7. The van der Waals surface area contributed by atoms with Crippen LogP contribution in [-0.4, -0.2) is 28.9 Å². The Morgan fingerprint density at radius 1 is 1.48 bits per heavy atom. The third-order valence-corrected chi connectivity index (χ3v) is 3.27. The molecule has 0 aliphatic heterocycles.